The van der Waals surface area contributed by atoms with E-state index in [4.69, 9.17) is 14.9 Å². The number of fused-ring (bicyclic) bond motifs is 5. The van der Waals surface area contributed by atoms with Crippen LogP contribution >= 0.6 is 0 Å². The second-order valence-electron chi connectivity index (χ2n) is 8.28. The van der Waals surface area contributed by atoms with Crippen molar-refractivity contribution < 1.29 is 14.6 Å². The lowest BCUT2D eigenvalue weighted by Crippen LogP contribution is -2.59. The molecule has 0 aromatic rings. The van der Waals surface area contributed by atoms with Gasteiger partial charge in [0.25, 0.3) is 0 Å². The second-order valence-corrected chi connectivity index (χ2v) is 8.28. The molecule has 21 heavy (non-hydrogen) atoms. The lowest BCUT2D eigenvalue weighted by Gasteiger charge is -2.58. The highest BCUT2D eigenvalue weighted by Crippen LogP contribution is 2.63. The minimum absolute atomic E-state index is 0.00728. The van der Waals surface area contributed by atoms with E-state index in [2.05, 4.69) is 13.8 Å². The summed E-state index contributed by atoms with van der Waals surface area (Å²) in [5.74, 6) is 1.97. The van der Waals surface area contributed by atoms with Crippen molar-refractivity contribution in [3.05, 3.63) is 0 Å². The molecule has 7 atom stereocenters. The monoisotopic (exact) mass is 293 g/mol. The van der Waals surface area contributed by atoms with Crippen molar-refractivity contribution in [2.24, 2.45) is 28.6 Å². The molecule has 0 bridgehead atoms. The third-order valence-corrected chi connectivity index (χ3v) is 7.50. The number of aliphatic hydroxyl groups excluding tert-OH is 1. The maximum absolute atomic E-state index is 10.4. The molecule has 4 nitrogen and oxygen atoms in total. The molecule has 0 radical (unpaired) electrons. The summed E-state index contributed by atoms with van der Waals surface area (Å²) >= 11 is 0. The minimum atomic E-state index is -0.110. The van der Waals surface area contributed by atoms with Crippen molar-refractivity contribution >= 4 is 6.08 Å². The van der Waals surface area contributed by atoms with E-state index in [1.165, 1.54) is 19.3 Å². The zero-order valence-corrected chi connectivity index (χ0v) is 13.1. The molecule has 4 heteroatoms. The van der Waals surface area contributed by atoms with Crippen LogP contribution in [0.25, 0.3) is 0 Å². The largest absolute Gasteiger partial charge is 0.450 e. The van der Waals surface area contributed by atoms with Crippen molar-refractivity contribution in [1.82, 2.24) is 0 Å². The van der Waals surface area contributed by atoms with Crippen LogP contribution < -0.4 is 0 Å². The van der Waals surface area contributed by atoms with Gasteiger partial charge in [-0.25, -0.2) is 5.41 Å². The van der Waals surface area contributed by atoms with Gasteiger partial charge in [-0.3, -0.25) is 0 Å². The zero-order chi connectivity index (χ0) is 14.8. The highest BCUT2D eigenvalue weighted by atomic mass is 16.7. The molecule has 0 aromatic carbocycles. The molecular weight excluding hydrogens is 266 g/mol. The van der Waals surface area contributed by atoms with E-state index in [0.29, 0.717) is 24.4 Å². The van der Waals surface area contributed by atoms with Gasteiger partial charge < -0.3 is 14.6 Å². The normalized spacial score (nSPS) is 55.8. The SMILES string of the molecule is CC12CCC3C(CCC4OC(=N)OCC43C)C1CCC2O. The van der Waals surface area contributed by atoms with Crippen molar-refractivity contribution in [3.63, 3.8) is 0 Å². The summed E-state index contributed by atoms with van der Waals surface area (Å²) in [6.07, 6.45) is 6.71. The number of nitrogens with one attached hydrogen (secondary N) is 1. The predicted molar refractivity (Wildman–Crippen MR) is 78.9 cm³/mol. The Morgan fingerprint density at radius 3 is 2.62 bits per heavy atom. The van der Waals surface area contributed by atoms with Crippen molar-refractivity contribution in [3.8, 4) is 0 Å². The number of hydrogen-bond donors (Lipinski definition) is 2. The quantitative estimate of drug-likeness (QED) is 0.722. The maximum Gasteiger partial charge on any atom is 0.380 e. The van der Waals surface area contributed by atoms with Gasteiger partial charge in [0.1, 0.15) is 12.7 Å². The van der Waals surface area contributed by atoms with Crippen LogP contribution in [0.1, 0.15) is 52.4 Å². The van der Waals surface area contributed by atoms with Gasteiger partial charge in [-0.1, -0.05) is 13.8 Å². The first kappa shape index (κ1) is 13.9. The fourth-order valence-corrected chi connectivity index (χ4v) is 6.17. The van der Waals surface area contributed by atoms with Crippen LogP contribution in [0.2, 0.25) is 0 Å². The first-order valence-electron chi connectivity index (χ1n) is 8.51. The summed E-state index contributed by atoms with van der Waals surface area (Å²) in [6.45, 7) is 5.24. The maximum atomic E-state index is 10.4. The fourth-order valence-electron chi connectivity index (χ4n) is 6.17. The summed E-state index contributed by atoms with van der Waals surface area (Å²) in [5, 5.41) is 18.1. The highest BCUT2D eigenvalue weighted by Gasteiger charge is 2.61. The van der Waals surface area contributed by atoms with Crippen LogP contribution in [0.5, 0.6) is 0 Å². The molecule has 1 heterocycles. The number of ether oxygens (including phenoxy) is 2. The fraction of sp³-hybridized carbons (Fsp3) is 0.941. The van der Waals surface area contributed by atoms with Crippen LogP contribution in [0.3, 0.4) is 0 Å². The van der Waals surface area contributed by atoms with Gasteiger partial charge in [0.15, 0.2) is 0 Å². The first-order valence-corrected chi connectivity index (χ1v) is 8.51. The van der Waals surface area contributed by atoms with Crippen molar-refractivity contribution in [2.45, 2.75) is 64.6 Å². The summed E-state index contributed by atoms with van der Waals surface area (Å²) in [5.41, 5.74) is 0.176. The van der Waals surface area contributed by atoms with E-state index in [1.54, 1.807) is 0 Å². The first-order chi connectivity index (χ1) is 9.95. The molecule has 3 aliphatic carbocycles. The molecule has 0 aromatic heterocycles. The molecule has 4 aliphatic rings. The molecule has 7 unspecified atom stereocenters. The zero-order valence-electron chi connectivity index (χ0n) is 13.1. The van der Waals surface area contributed by atoms with Crippen molar-refractivity contribution in [2.75, 3.05) is 6.61 Å². The van der Waals surface area contributed by atoms with Gasteiger partial charge in [-0.05, 0) is 61.7 Å². The van der Waals surface area contributed by atoms with Crippen LogP contribution in [-0.4, -0.2) is 30.0 Å². The van der Waals surface area contributed by atoms with Crippen LogP contribution in [0.4, 0.5) is 0 Å². The molecule has 3 saturated carbocycles. The third kappa shape index (κ3) is 1.74. The summed E-state index contributed by atoms with van der Waals surface area (Å²) in [4.78, 5) is 0. The summed E-state index contributed by atoms with van der Waals surface area (Å²) in [7, 11) is 0. The molecule has 2 N–H and O–H groups in total. The molecule has 4 rings (SSSR count). The molecule has 0 spiro atoms. The van der Waals surface area contributed by atoms with E-state index in [9.17, 15) is 5.11 Å². The van der Waals surface area contributed by atoms with E-state index in [-0.39, 0.29) is 29.1 Å². The number of hydrogen-bond acceptors (Lipinski definition) is 4. The van der Waals surface area contributed by atoms with Gasteiger partial charge in [0.2, 0.25) is 0 Å². The Labute approximate surface area is 126 Å². The van der Waals surface area contributed by atoms with Crippen LogP contribution in [0, 0.1) is 34.0 Å². The Bertz CT molecular complexity index is 467. The number of aliphatic hydroxyl groups is 1. The molecule has 1 aliphatic heterocycles. The number of rotatable bonds is 0. The van der Waals surface area contributed by atoms with Crippen LogP contribution in [0.15, 0.2) is 0 Å². The molecular formula is C17H27NO3. The topological polar surface area (TPSA) is 62.5 Å². The van der Waals surface area contributed by atoms with E-state index >= 15 is 0 Å². The van der Waals surface area contributed by atoms with Gasteiger partial charge in [0, 0.05) is 5.41 Å². The second kappa shape index (κ2) is 4.37. The molecule has 118 valence electrons. The predicted octanol–water partition coefficient (Wildman–Crippen LogP) is 2.94. The Kier molecular flexibility index (Phi) is 2.89. The van der Waals surface area contributed by atoms with Crippen LogP contribution in [-0.2, 0) is 9.47 Å². The van der Waals surface area contributed by atoms with Gasteiger partial charge >= 0.3 is 6.08 Å². The molecule has 4 fully saturated rings. The van der Waals surface area contributed by atoms with E-state index in [1.807, 2.05) is 0 Å². The third-order valence-electron chi connectivity index (χ3n) is 7.50. The lowest BCUT2D eigenvalue weighted by molar-refractivity contribution is -0.173. The average molecular weight is 293 g/mol. The minimum Gasteiger partial charge on any atom is -0.450 e. The average Bonchev–Trinajstić information content (AvgIpc) is 2.76. The van der Waals surface area contributed by atoms with E-state index in [0.717, 1.165) is 19.3 Å². The summed E-state index contributed by atoms with van der Waals surface area (Å²) in [6, 6.07) is 0. The van der Waals surface area contributed by atoms with E-state index < -0.39 is 0 Å². The Morgan fingerprint density at radius 1 is 1.05 bits per heavy atom. The highest BCUT2D eigenvalue weighted by molar-refractivity contribution is 5.64. The Hall–Kier alpha value is -0.770. The molecule has 1 saturated heterocycles. The summed E-state index contributed by atoms with van der Waals surface area (Å²) < 4.78 is 11.2. The van der Waals surface area contributed by atoms with Gasteiger partial charge in [0.05, 0.1) is 6.10 Å². The lowest BCUT2D eigenvalue weighted by atomic mass is 9.49. The Balaban J connectivity index is 1.64. The van der Waals surface area contributed by atoms with Gasteiger partial charge in [-0.15, -0.1) is 0 Å². The molecule has 0 amide bonds. The smallest absolute Gasteiger partial charge is 0.380 e. The standard InChI is InChI=1S/C17H27NO3/c1-16-8-7-12-10(11(16)4-5-13(16)19)3-6-14-17(12,2)9-20-15(18)21-14/h10-14,18-19H,3-9H2,1-2H3. The van der Waals surface area contributed by atoms with Gasteiger partial charge in [-0.2, -0.15) is 0 Å². The Morgan fingerprint density at radius 2 is 1.81 bits per heavy atom. The van der Waals surface area contributed by atoms with Crippen molar-refractivity contribution in [1.29, 1.82) is 5.41 Å².